The molecule has 0 radical (unpaired) electrons. The minimum Gasteiger partial charge on any atom is -0.319 e. The molecule has 1 N–H and O–H groups in total. The minimum atomic E-state index is 0.804. The summed E-state index contributed by atoms with van der Waals surface area (Å²) in [6, 6.07) is 0. The van der Waals surface area contributed by atoms with Crippen molar-refractivity contribution in [2.75, 3.05) is 13.6 Å². The van der Waals surface area contributed by atoms with E-state index >= 15 is 0 Å². The molecule has 0 bridgehead atoms. The van der Waals surface area contributed by atoms with Gasteiger partial charge < -0.3 is 5.32 Å². The van der Waals surface area contributed by atoms with Crippen molar-refractivity contribution in [2.24, 2.45) is 5.92 Å². The van der Waals surface area contributed by atoms with E-state index in [1.54, 1.807) is 5.57 Å². The van der Waals surface area contributed by atoms with Crippen LogP contribution in [0.5, 0.6) is 0 Å². The molecule has 1 aliphatic rings. The Morgan fingerprint density at radius 2 is 2.50 bits per heavy atom. The van der Waals surface area contributed by atoms with Gasteiger partial charge in [-0.25, -0.2) is 0 Å². The largest absolute Gasteiger partial charge is 0.319 e. The van der Waals surface area contributed by atoms with Gasteiger partial charge in [0.1, 0.15) is 0 Å². The van der Waals surface area contributed by atoms with Crippen molar-refractivity contribution in [1.29, 1.82) is 0 Å². The summed E-state index contributed by atoms with van der Waals surface area (Å²) in [6.07, 6.45) is 6.49. The van der Waals surface area contributed by atoms with Gasteiger partial charge in [-0.05, 0) is 39.2 Å². The summed E-state index contributed by atoms with van der Waals surface area (Å²) in [4.78, 5) is 0. The van der Waals surface area contributed by atoms with Crippen LogP contribution in [-0.4, -0.2) is 13.6 Å². The number of nitrogens with one attached hydrogen (secondary N) is 1. The first-order chi connectivity index (χ1) is 4.83. The second kappa shape index (κ2) is 3.77. The van der Waals surface area contributed by atoms with Crippen LogP contribution < -0.4 is 5.32 Å². The van der Waals surface area contributed by atoms with Crippen LogP contribution in [0.15, 0.2) is 11.6 Å². The second-order valence-corrected chi connectivity index (χ2v) is 3.22. The van der Waals surface area contributed by atoms with Crippen LogP contribution in [0.25, 0.3) is 0 Å². The lowest BCUT2D eigenvalue weighted by Gasteiger charge is -2.18. The third kappa shape index (κ3) is 2.14. The normalized spacial score (nSPS) is 26.2. The maximum atomic E-state index is 3.21. The van der Waals surface area contributed by atoms with Gasteiger partial charge in [0.2, 0.25) is 0 Å². The molecule has 1 aliphatic carbocycles. The van der Waals surface area contributed by atoms with Crippen LogP contribution >= 0.6 is 0 Å². The van der Waals surface area contributed by atoms with Crippen molar-refractivity contribution in [3.05, 3.63) is 11.6 Å². The average Bonchev–Trinajstić information content (AvgIpc) is 1.88. The topological polar surface area (TPSA) is 12.0 Å². The van der Waals surface area contributed by atoms with Gasteiger partial charge in [-0.2, -0.15) is 0 Å². The van der Waals surface area contributed by atoms with Crippen LogP contribution in [0.4, 0.5) is 0 Å². The number of rotatable bonds is 2. The smallest absolute Gasteiger partial charge is 0.00113 e. The molecular weight excluding hydrogens is 122 g/mol. The van der Waals surface area contributed by atoms with Gasteiger partial charge in [-0.3, -0.25) is 0 Å². The fourth-order valence-corrected chi connectivity index (χ4v) is 1.64. The Labute approximate surface area is 63.5 Å². The standard InChI is InChI=1S/C9H17N/c1-8-4-3-5-9(6-8)7-10-2/h6,9-10H,3-5,7H2,1-2H3. The van der Waals surface area contributed by atoms with Gasteiger partial charge in [-0.1, -0.05) is 11.6 Å². The number of allylic oxidation sites excluding steroid dienone is 1. The zero-order valence-corrected chi connectivity index (χ0v) is 6.98. The molecule has 58 valence electrons. The Kier molecular flexibility index (Phi) is 2.94. The average molecular weight is 139 g/mol. The summed E-state index contributed by atoms with van der Waals surface area (Å²) in [5.74, 6) is 0.804. The zero-order valence-electron chi connectivity index (χ0n) is 6.98. The number of hydrogen-bond donors (Lipinski definition) is 1. The first kappa shape index (κ1) is 7.80. The third-order valence-corrected chi connectivity index (χ3v) is 2.13. The fraction of sp³-hybridized carbons (Fsp3) is 0.778. The molecule has 1 unspecified atom stereocenters. The van der Waals surface area contributed by atoms with Gasteiger partial charge in [-0.15, -0.1) is 0 Å². The SMILES string of the molecule is CNCC1C=C(C)CCC1. The lowest BCUT2D eigenvalue weighted by molar-refractivity contribution is 0.505. The molecule has 0 aromatic heterocycles. The fourth-order valence-electron chi connectivity index (χ4n) is 1.64. The quantitative estimate of drug-likeness (QED) is 0.577. The van der Waals surface area contributed by atoms with Crippen molar-refractivity contribution in [2.45, 2.75) is 26.2 Å². The maximum absolute atomic E-state index is 3.21. The molecule has 0 saturated heterocycles. The Balaban J connectivity index is 2.38. The van der Waals surface area contributed by atoms with E-state index in [1.165, 1.54) is 19.3 Å². The van der Waals surface area contributed by atoms with Crippen LogP contribution in [0.2, 0.25) is 0 Å². The Hall–Kier alpha value is -0.300. The highest BCUT2D eigenvalue weighted by atomic mass is 14.8. The molecule has 0 saturated carbocycles. The Morgan fingerprint density at radius 1 is 1.70 bits per heavy atom. The second-order valence-electron chi connectivity index (χ2n) is 3.22. The van der Waals surface area contributed by atoms with Crippen LogP contribution in [0.1, 0.15) is 26.2 Å². The van der Waals surface area contributed by atoms with Crippen molar-refractivity contribution < 1.29 is 0 Å². The van der Waals surface area contributed by atoms with E-state index in [-0.39, 0.29) is 0 Å². The van der Waals surface area contributed by atoms with Gasteiger partial charge in [0.05, 0.1) is 0 Å². The maximum Gasteiger partial charge on any atom is 0.00113 e. The van der Waals surface area contributed by atoms with Crippen LogP contribution in [-0.2, 0) is 0 Å². The third-order valence-electron chi connectivity index (χ3n) is 2.13. The van der Waals surface area contributed by atoms with E-state index < -0.39 is 0 Å². The molecule has 0 aromatic carbocycles. The Bertz CT molecular complexity index is 127. The highest BCUT2D eigenvalue weighted by Gasteiger charge is 2.09. The summed E-state index contributed by atoms with van der Waals surface area (Å²) >= 11 is 0. The molecule has 0 heterocycles. The van der Waals surface area contributed by atoms with E-state index in [0.29, 0.717) is 0 Å². The lowest BCUT2D eigenvalue weighted by Crippen LogP contribution is -2.19. The molecule has 1 atom stereocenters. The van der Waals surface area contributed by atoms with Gasteiger partial charge in [0.25, 0.3) is 0 Å². The molecule has 1 nitrogen and oxygen atoms in total. The molecular formula is C9H17N. The molecule has 0 amide bonds. The molecule has 0 aromatic rings. The van der Waals surface area contributed by atoms with E-state index in [4.69, 9.17) is 0 Å². The lowest BCUT2D eigenvalue weighted by atomic mass is 9.91. The molecule has 0 fully saturated rings. The van der Waals surface area contributed by atoms with Crippen molar-refractivity contribution in [1.82, 2.24) is 5.32 Å². The first-order valence-electron chi connectivity index (χ1n) is 4.15. The summed E-state index contributed by atoms with van der Waals surface area (Å²) in [5, 5.41) is 3.21. The monoisotopic (exact) mass is 139 g/mol. The first-order valence-corrected chi connectivity index (χ1v) is 4.15. The highest BCUT2D eigenvalue weighted by molar-refractivity contribution is 5.05. The van der Waals surface area contributed by atoms with E-state index in [2.05, 4.69) is 18.3 Å². The molecule has 1 heteroatoms. The van der Waals surface area contributed by atoms with Gasteiger partial charge in [0, 0.05) is 6.54 Å². The summed E-state index contributed by atoms with van der Waals surface area (Å²) in [6.45, 7) is 3.39. The summed E-state index contributed by atoms with van der Waals surface area (Å²) in [7, 11) is 2.03. The summed E-state index contributed by atoms with van der Waals surface area (Å²) in [5.41, 5.74) is 1.58. The van der Waals surface area contributed by atoms with Crippen LogP contribution in [0, 0.1) is 5.92 Å². The van der Waals surface area contributed by atoms with Gasteiger partial charge in [0.15, 0.2) is 0 Å². The molecule has 0 aliphatic heterocycles. The zero-order chi connectivity index (χ0) is 7.40. The highest BCUT2D eigenvalue weighted by Crippen LogP contribution is 2.21. The van der Waals surface area contributed by atoms with Crippen molar-refractivity contribution >= 4 is 0 Å². The van der Waals surface area contributed by atoms with E-state index in [9.17, 15) is 0 Å². The van der Waals surface area contributed by atoms with Crippen LogP contribution in [0.3, 0.4) is 0 Å². The van der Waals surface area contributed by atoms with Gasteiger partial charge >= 0.3 is 0 Å². The minimum absolute atomic E-state index is 0.804. The van der Waals surface area contributed by atoms with E-state index in [0.717, 1.165) is 12.5 Å². The van der Waals surface area contributed by atoms with Crippen molar-refractivity contribution in [3.8, 4) is 0 Å². The molecule has 0 spiro atoms. The predicted octanol–water partition coefficient (Wildman–Crippen LogP) is 1.95. The predicted molar refractivity (Wildman–Crippen MR) is 45.0 cm³/mol. The molecule has 10 heavy (non-hydrogen) atoms. The molecule has 1 rings (SSSR count). The number of hydrogen-bond acceptors (Lipinski definition) is 1. The Morgan fingerprint density at radius 3 is 3.10 bits per heavy atom. The van der Waals surface area contributed by atoms with Crippen molar-refractivity contribution in [3.63, 3.8) is 0 Å². The van der Waals surface area contributed by atoms with E-state index in [1.807, 2.05) is 7.05 Å². The summed E-state index contributed by atoms with van der Waals surface area (Å²) < 4.78 is 0.